The summed E-state index contributed by atoms with van der Waals surface area (Å²) < 4.78 is 11.5. The monoisotopic (exact) mass is 292 g/mol. The van der Waals surface area contributed by atoms with Crippen molar-refractivity contribution in [3.63, 3.8) is 0 Å². The summed E-state index contributed by atoms with van der Waals surface area (Å²) in [7, 11) is 1.80. The molecule has 21 heavy (non-hydrogen) atoms. The van der Waals surface area contributed by atoms with Gasteiger partial charge in [0, 0.05) is 18.6 Å². The third-order valence-electron chi connectivity index (χ3n) is 6.19. The molecule has 4 fully saturated rings. The first-order chi connectivity index (χ1) is 10.1. The number of carbonyl (C=O) groups excluding carboxylic acids is 1. The van der Waals surface area contributed by atoms with Gasteiger partial charge in [-0.2, -0.15) is 0 Å². The van der Waals surface area contributed by atoms with Crippen molar-refractivity contribution in [3.8, 4) is 0 Å². The van der Waals surface area contributed by atoms with Crippen molar-refractivity contribution >= 4 is 5.97 Å². The zero-order valence-electron chi connectivity index (χ0n) is 13.3. The van der Waals surface area contributed by atoms with Gasteiger partial charge in [0.2, 0.25) is 0 Å². The minimum atomic E-state index is -0.252. The molecule has 0 radical (unpaired) electrons. The van der Waals surface area contributed by atoms with Gasteiger partial charge < -0.3 is 9.47 Å². The Morgan fingerprint density at radius 3 is 2.52 bits per heavy atom. The molecule has 3 heteroatoms. The SMILES string of the molecule is C=CC(=O)OC1C2CC3CC(C2)CC1(CC(CC)OC)C3. The molecule has 4 bridgehead atoms. The van der Waals surface area contributed by atoms with Crippen LogP contribution in [0.3, 0.4) is 0 Å². The Kier molecular flexibility index (Phi) is 4.13. The molecule has 118 valence electrons. The number of esters is 1. The summed E-state index contributed by atoms with van der Waals surface area (Å²) in [5.41, 5.74) is 0.157. The van der Waals surface area contributed by atoms with E-state index in [4.69, 9.17) is 9.47 Å². The van der Waals surface area contributed by atoms with Crippen LogP contribution in [-0.2, 0) is 14.3 Å². The van der Waals surface area contributed by atoms with Crippen molar-refractivity contribution in [2.24, 2.45) is 23.2 Å². The Hall–Kier alpha value is -0.830. The first-order valence-corrected chi connectivity index (χ1v) is 8.46. The van der Waals surface area contributed by atoms with E-state index >= 15 is 0 Å². The minimum Gasteiger partial charge on any atom is -0.458 e. The maximum atomic E-state index is 11.8. The van der Waals surface area contributed by atoms with E-state index in [1.165, 1.54) is 38.2 Å². The van der Waals surface area contributed by atoms with Crippen LogP contribution >= 0.6 is 0 Å². The Bertz CT molecular complexity index is 399. The summed E-state index contributed by atoms with van der Waals surface area (Å²) in [6.45, 7) is 5.74. The Balaban J connectivity index is 1.84. The average molecular weight is 292 g/mol. The molecule has 0 amide bonds. The van der Waals surface area contributed by atoms with Crippen LogP contribution < -0.4 is 0 Å². The summed E-state index contributed by atoms with van der Waals surface area (Å²) in [6.07, 6.45) is 10.1. The van der Waals surface area contributed by atoms with E-state index in [0.717, 1.165) is 24.7 Å². The lowest BCUT2D eigenvalue weighted by Crippen LogP contribution is -2.58. The van der Waals surface area contributed by atoms with Crippen LogP contribution in [0, 0.1) is 23.2 Å². The van der Waals surface area contributed by atoms with Gasteiger partial charge >= 0.3 is 5.97 Å². The number of hydrogen-bond donors (Lipinski definition) is 0. The first-order valence-electron chi connectivity index (χ1n) is 8.46. The molecule has 0 aromatic rings. The van der Waals surface area contributed by atoms with Crippen LogP contribution in [0.4, 0.5) is 0 Å². The van der Waals surface area contributed by atoms with E-state index in [1.807, 2.05) is 0 Å². The average Bonchev–Trinajstić information content (AvgIpc) is 2.47. The van der Waals surface area contributed by atoms with Gasteiger partial charge in [-0.05, 0) is 62.7 Å². The summed E-state index contributed by atoms with van der Waals surface area (Å²) in [4.78, 5) is 11.8. The maximum Gasteiger partial charge on any atom is 0.330 e. The first kappa shape index (κ1) is 15.1. The predicted molar refractivity (Wildman–Crippen MR) is 81.8 cm³/mol. The highest BCUT2D eigenvalue weighted by Gasteiger charge is 2.58. The van der Waals surface area contributed by atoms with E-state index in [0.29, 0.717) is 5.92 Å². The van der Waals surface area contributed by atoms with Gasteiger partial charge in [0.25, 0.3) is 0 Å². The Morgan fingerprint density at radius 2 is 2.00 bits per heavy atom. The maximum absolute atomic E-state index is 11.8. The van der Waals surface area contributed by atoms with Gasteiger partial charge in [-0.3, -0.25) is 0 Å². The molecular formula is C18H28O3. The van der Waals surface area contributed by atoms with E-state index in [-0.39, 0.29) is 23.6 Å². The Morgan fingerprint density at radius 1 is 1.33 bits per heavy atom. The van der Waals surface area contributed by atoms with Gasteiger partial charge in [0.05, 0.1) is 6.10 Å². The number of carbonyl (C=O) groups is 1. The van der Waals surface area contributed by atoms with Crippen molar-refractivity contribution in [2.75, 3.05) is 7.11 Å². The molecule has 0 heterocycles. The van der Waals surface area contributed by atoms with E-state index < -0.39 is 0 Å². The van der Waals surface area contributed by atoms with Gasteiger partial charge in [-0.15, -0.1) is 0 Å². The second-order valence-electron chi connectivity index (χ2n) is 7.50. The quantitative estimate of drug-likeness (QED) is 0.553. The lowest BCUT2D eigenvalue weighted by atomic mass is 9.47. The lowest BCUT2D eigenvalue weighted by Gasteiger charge is -2.61. The van der Waals surface area contributed by atoms with E-state index in [2.05, 4.69) is 13.5 Å². The molecule has 4 atom stereocenters. The molecule has 4 unspecified atom stereocenters. The molecule has 0 aliphatic heterocycles. The van der Waals surface area contributed by atoms with E-state index in [1.54, 1.807) is 7.11 Å². The predicted octanol–water partition coefficient (Wildman–Crippen LogP) is 3.73. The summed E-state index contributed by atoms with van der Waals surface area (Å²) in [6, 6.07) is 0. The Labute approximate surface area is 128 Å². The van der Waals surface area contributed by atoms with Gasteiger partial charge in [-0.1, -0.05) is 13.5 Å². The molecule has 0 saturated heterocycles. The van der Waals surface area contributed by atoms with Crippen LogP contribution in [0.5, 0.6) is 0 Å². The van der Waals surface area contributed by atoms with E-state index in [9.17, 15) is 4.79 Å². The van der Waals surface area contributed by atoms with Crippen LogP contribution in [0.15, 0.2) is 12.7 Å². The molecule has 0 aromatic heterocycles. The van der Waals surface area contributed by atoms with Gasteiger partial charge in [0.1, 0.15) is 6.10 Å². The molecule has 4 aliphatic carbocycles. The highest BCUT2D eigenvalue weighted by Crippen LogP contribution is 2.62. The van der Waals surface area contributed by atoms with Crippen LogP contribution in [0.25, 0.3) is 0 Å². The van der Waals surface area contributed by atoms with Gasteiger partial charge in [-0.25, -0.2) is 4.79 Å². The zero-order chi connectivity index (χ0) is 15.0. The number of rotatable bonds is 6. The van der Waals surface area contributed by atoms with Crippen LogP contribution in [0.1, 0.15) is 51.9 Å². The minimum absolute atomic E-state index is 0.0833. The smallest absolute Gasteiger partial charge is 0.330 e. The molecule has 0 N–H and O–H groups in total. The van der Waals surface area contributed by atoms with Gasteiger partial charge in [0.15, 0.2) is 0 Å². The van der Waals surface area contributed by atoms with Crippen molar-refractivity contribution in [3.05, 3.63) is 12.7 Å². The standard InChI is InChI=1S/C18H28O3/c1-4-15(20-3)11-18-9-12-6-13(10-18)8-14(7-12)17(18)21-16(19)5-2/h5,12-15,17H,2,4,6-11H2,1,3H3. The normalized spacial score (nSPS) is 41.8. The fourth-order valence-electron chi connectivity index (χ4n) is 5.69. The molecule has 0 aromatic carbocycles. The fourth-order valence-corrected chi connectivity index (χ4v) is 5.69. The molecule has 4 aliphatic rings. The van der Waals surface area contributed by atoms with Crippen LogP contribution in [0.2, 0.25) is 0 Å². The zero-order valence-corrected chi connectivity index (χ0v) is 13.3. The molecule has 4 rings (SSSR count). The lowest BCUT2D eigenvalue weighted by molar-refractivity contribution is -0.197. The number of hydrogen-bond acceptors (Lipinski definition) is 3. The van der Waals surface area contributed by atoms with Crippen molar-refractivity contribution in [1.82, 2.24) is 0 Å². The largest absolute Gasteiger partial charge is 0.458 e. The second-order valence-corrected chi connectivity index (χ2v) is 7.50. The highest BCUT2D eigenvalue weighted by molar-refractivity contribution is 5.81. The summed E-state index contributed by atoms with van der Waals surface area (Å²) >= 11 is 0. The molecule has 0 spiro atoms. The third kappa shape index (κ3) is 2.65. The highest BCUT2D eigenvalue weighted by atomic mass is 16.5. The number of methoxy groups -OCH3 is 1. The third-order valence-corrected chi connectivity index (χ3v) is 6.19. The topological polar surface area (TPSA) is 35.5 Å². The number of ether oxygens (including phenoxy) is 2. The molecular weight excluding hydrogens is 264 g/mol. The van der Waals surface area contributed by atoms with Crippen molar-refractivity contribution in [2.45, 2.75) is 64.1 Å². The van der Waals surface area contributed by atoms with Crippen molar-refractivity contribution in [1.29, 1.82) is 0 Å². The van der Waals surface area contributed by atoms with Crippen LogP contribution in [-0.4, -0.2) is 25.3 Å². The summed E-state index contributed by atoms with van der Waals surface area (Å²) in [5.74, 6) is 2.00. The molecule has 4 saturated carbocycles. The summed E-state index contributed by atoms with van der Waals surface area (Å²) in [5, 5.41) is 0. The fraction of sp³-hybridized carbons (Fsp3) is 0.833. The second kappa shape index (κ2) is 5.75. The van der Waals surface area contributed by atoms with Crippen molar-refractivity contribution < 1.29 is 14.3 Å². The molecule has 3 nitrogen and oxygen atoms in total.